The molecule has 0 aromatic heterocycles. The van der Waals surface area contributed by atoms with Gasteiger partial charge in [-0.2, -0.15) is 0 Å². The van der Waals surface area contributed by atoms with Crippen LogP contribution < -0.4 is 5.32 Å². The Kier molecular flexibility index (Phi) is 4.45. The van der Waals surface area contributed by atoms with Crippen molar-refractivity contribution in [3.8, 4) is 0 Å². The van der Waals surface area contributed by atoms with Gasteiger partial charge in [0.15, 0.2) is 0 Å². The molecule has 1 N–H and O–H groups in total. The summed E-state index contributed by atoms with van der Waals surface area (Å²) in [6.45, 7) is 7.11. The van der Waals surface area contributed by atoms with Crippen molar-refractivity contribution in [2.45, 2.75) is 65.0 Å². The summed E-state index contributed by atoms with van der Waals surface area (Å²) in [6.07, 6.45) is 6.76. The topological polar surface area (TPSA) is 12.0 Å². The van der Waals surface area contributed by atoms with Crippen molar-refractivity contribution in [1.29, 1.82) is 0 Å². The molecule has 18 heavy (non-hydrogen) atoms. The number of hydrogen-bond donors (Lipinski definition) is 1. The van der Waals surface area contributed by atoms with Crippen LogP contribution in [0.25, 0.3) is 0 Å². The van der Waals surface area contributed by atoms with E-state index in [0.29, 0.717) is 17.5 Å². The van der Waals surface area contributed by atoms with E-state index in [-0.39, 0.29) is 0 Å². The highest BCUT2D eigenvalue weighted by Gasteiger charge is 2.24. The molecule has 1 aromatic rings. The van der Waals surface area contributed by atoms with Gasteiger partial charge in [-0.3, -0.25) is 0 Å². The Morgan fingerprint density at radius 3 is 2.56 bits per heavy atom. The first kappa shape index (κ1) is 13.6. The first-order valence-electron chi connectivity index (χ1n) is 7.38. The predicted octanol–water partition coefficient (Wildman–Crippen LogP) is 4.70. The molecule has 1 heteroatoms. The molecule has 0 heterocycles. The molecule has 0 radical (unpaired) electrons. The van der Waals surface area contributed by atoms with E-state index < -0.39 is 0 Å². The predicted molar refractivity (Wildman–Crippen MR) is 78.6 cm³/mol. The highest BCUT2D eigenvalue weighted by atomic mass is 14.9. The van der Waals surface area contributed by atoms with Crippen molar-refractivity contribution in [2.75, 3.05) is 0 Å². The van der Waals surface area contributed by atoms with Crippen LogP contribution >= 0.6 is 0 Å². The lowest BCUT2D eigenvalue weighted by atomic mass is 9.85. The van der Waals surface area contributed by atoms with Crippen LogP contribution in [-0.4, -0.2) is 6.04 Å². The van der Waals surface area contributed by atoms with Gasteiger partial charge in [0, 0.05) is 12.1 Å². The van der Waals surface area contributed by atoms with Crippen LogP contribution in [0.1, 0.15) is 64.5 Å². The summed E-state index contributed by atoms with van der Waals surface area (Å²) in [5.74, 6) is 0. The maximum Gasteiger partial charge on any atom is 0.0294 e. The second kappa shape index (κ2) is 5.88. The zero-order valence-corrected chi connectivity index (χ0v) is 12.1. The Balaban J connectivity index is 1.90. The van der Waals surface area contributed by atoms with Crippen LogP contribution in [-0.2, 0) is 0 Å². The Labute approximate surface area is 112 Å². The molecular weight excluding hydrogens is 218 g/mol. The van der Waals surface area contributed by atoms with Gasteiger partial charge in [-0.05, 0) is 43.6 Å². The summed E-state index contributed by atoms with van der Waals surface area (Å²) in [5.41, 5.74) is 1.95. The third-order valence-electron chi connectivity index (χ3n) is 4.36. The summed E-state index contributed by atoms with van der Waals surface area (Å²) in [6, 6.07) is 12.0. The van der Waals surface area contributed by atoms with Gasteiger partial charge in [-0.15, -0.1) is 0 Å². The molecule has 100 valence electrons. The molecule has 1 fully saturated rings. The summed E-state index contributed by atoms with van der Waals surface area (Å²) in [4.78, 5) is 0. The third-order valence-corrected chi connectivity index (χ3v) is 4.36. The van der Waals surface area contributed by atoms with E-state index in [1.54, 1.807) is 0 Å². The fourth-order valence-electron chi connectivity index (χ4n) is 3.02. The monoisotopic (exact) mass is 245 g/mol. The average molecular weight is 245 g/mol. The Morgan fingerprint density at radius 2 is 1.83 bits per heavy atom. The van der Waals surface area contributed by atoms with E-state index in [1.807, 2.05) is 0 Å². The van der Waals surface area contributed by atoms with Gasteiger partial charge in [-0.25, -0.2) is 0 Å². The van der Waals surface area contributed by atoms with Crippen molar-refractivity contribution in [1.82, 2.24) is 5.32 Å². The highest BCUT2D eigenvalue weighted by molar-refractivity contribution is 5.18. The maximum absolute atomic E-state index is 3.81. The van der Waals surface area contributed by atoms with Crippen LogP contribution in [0.3, 0.4) is 0 Å². The van der Waals surface area contributed by atoms with Gasteiger partial charge in [-0.1, -0.05) is 50.6 Å². The van der Waals surface area contributed by atoms with E-state index in [1.165, 1.54) is 37.7 Å². The normalized spacial score (nSPS) is 25.4. The summed E-state index contributed by atoms with van der Waals surface area (Å²) >= 11 is 0. The van der Waals surface area contributed by atoms with Gasteiger partial charge in [0.2, 0.25) is 0 Å². The molecule has 0 spiro atoms. The van der Waals surface area contributed by atoms with E-state index in [4.69, 9.17) is 0 Å². The molecule has 2 atom stereocenters. The van der Waals surface area contributed by atoms with E-state index >= 15 is 0 Å². The lowest BCUT2D eigenvalue weighted by Crippen LogP contribution is -2.31. The zero-order valence-electron chi connectivity index (χ0n) is 12.1. The lowest BCUT2D eigenvalue weighted by molar-refractivity contribution is 0.307. The smallest absolute Gasteiger partial charge is 0.0294 e. The molecular formula is C17H27N. The van der Waals surface area contributed by atoms with Crippen molar-refractivity contribution >= 4 is 0 Å². The Hall–Kier alpha value is -0.820. The molecule has 2 unspecified atom stereocenters. The van der Waals surface area contributed by atoms with Gasteiger partial charge in [0.25, 0.3) is 0 Å². The molecule has 0 amide bonds. The van der Waals surface area contributed by atoms with Crippen LogP contribution in [0.4, 0.5) is 0 Å². The third kappa shape index (κ3) is 3.84. The van der Waals surface area contributed by atoms with Crippen molar-refractivity contribution in [3.05, 3.63) is 35.9 Å². The minimum Gasteiger partial charge on any atom is -0.307 e. The molecule has 1 saturated carbocycles. The fourth-order valence-corrected chi connectivity index (χ4v) is 3.02. The second-order valence-corrected chi connectivity index (χ2v) is 6.59. The SMILES string of the molecule is CC(NC1CCCC(C)(C)CC1)c1ccccc1. The molecule has 1 aromatic carbocycles. The maximum atomic E-state index is 3.81. The first-order valence-corrected chi connectivity index (χ1v) is 7.38. The zero-order chi connectivity index (χ0) is 13.0. The average Bonchev–Trinajstić information content (AvgIpc) is 2.52. The van der Waals surface area contributed by atoms with Crippen LogP contribution in [0, 0.1) is 5.41 Å². The van der Waals surface area contributed by atoms with Crippen LogP contribution in [0.5, 0.6) is 0 Å². The van der Waals surface area contributed by atoms with Gasteiger partial charge in [0.05, 0.1) is 0 Å². The first-order chi connectivity index (χ1) is 8.57. The molecule has 1 nitrogen and oxygen atoms in total. The minimum absolute atomic E-state index is 0.470. The largest absolute Gasteiger partial charge is 0.307 e. The second-order valence-electron chi connectivity index (χ2n) is 6.59. The Morgan fingerprint density at radius 1 is 1.11 bits per heavy atom. The minimum atomic E-state index is 0.470. The standard InChI is InChI=1S/C17H27N/c1-14(15-8-5-4-6-9-15)18-16-10-7-12-17(2,3)13-11-16/h4-6,8-9,14,16,18H,7,10-13H2,1-3H3. The van der Waals surface area contributed by atoms with Crippen molar-refractivity contribution in [3.63, 3.8) is 0 Å². The molecule has 0 saturated heterocycles. The van der Waals surface area contributed by atoms with E-state index in [0.717, 1.165) is 0 Å². The summed E-state index contributed by atoms with van der Waals surface area (Å²) in [7, 11) is 0. The van der Waals surface area contributed by atoms with Gasteiger partial charge >= 0.3 is 0 Å². The summed E-state index contributed by atoms with van der Waals surface area (Å²) in [5, 5.41) is 3.81. The molecule has 2 rings (SSSR count). The molecule has 0 aliphatic heterocycles. The lowest BCUT2D eigenvalue weighted by Gasteiger charge is -2.24. The van der Waals surface area contributed by atoms with Gasteiger partial charge in [0.1, 0.15) is 0 Å². The fraction of sp³-hybridized carbons (Fsp3) is 0.647. The van der Waals surface area contributed by atoms with Crippen molar-refractivity contribution < 1.29 is 0 Å². The molecule has 1 aliphatic rings. The van der Waals surface area contributed by atoms with E-state index in [9.17, 15) is 0 Å². The number of hydrogen-bond acceptors (Lipinski definition) is 1. The Bertz CT molecular complexity index is 355. The quantitative estimate of drug-likeness (QED) is 0.761. The van der Waals surface area contributed by atoms with E-state index in [2.05, 4.69) is 56.4 Å². The summed E-state index contributed by atoms with van der Waals surface area (Å²) < 4.78 is 0. The van der Waals surface area contributed by atoms with Gasteiger partial charge < -0.3 is 5.32 Å². The number of benzene rings is 1. The highest BCUT2D eigenvalue weighted by Crippen LogP contribution is 2.34. The molecule has 0 bridgehead atoms. The van der Waals surface area contributed by atoms with Crippen LogP contribution in [0.15, 0.2) is 30.3 Å². The van der Waals surface area contributed by atoms with Crippen molar-refractivity contribution in [2.24, 2.45) is 5.41 Å². The number of nitrogens with one attached hydrogen (secondary N) is 1. The molecule has 1 aliphatic carbocycles. The number of rotatable bonds is 3. The van der Waals surface area contributed by atoms with Crippen LogP contribution in [0.2, 0.25) is 0 Å².